The summed E-state index contributed by atoms with van der Waals surface area (Å²) in [6, 6.07) is 5.19. The lowest BCUT2D eigenvalue weighted by Crippen LogP contribution is -2.17. The van der Waals surface area contributed by atoms with Crippen molar-refractivity contribution in [3.05, 3.63) is 63.5 Å². The zero-order valence-corrected chi connectivity index (χ0v) is 14.5. The van der Waals surface area contributed by atoms with Crippen molar-refractivity contribution in [1.29, 1.82) is 0 Å². The Morgan fingerprint density at radius 2 is 1.86 bits per heavy atom. The van der Waals surface area contributed by atoms with Gasteiger partial charge in [-0.15, -0.1) is 0 Å². The van der Waals surface area contributed by atoms with Gasteiger partial charge in [0.05, 0.1) is 22.8 Å². The molecule has 0 bridgehead atoms. The van der Waals surface area contributed by atoms with E-state index in [0.717, 1.165) is 18.2 Å². The van der Waals surface area contributed by atoms with Gasteiger partial charge in [-0.3, -0.25) is 14.9 Å². The third-order valence-electron chi connectivity index (χ3n) is 3.61. The van der Waals surface area contributed by atoms with Crippen LogP contribution in [0.4, 0.5) is 34.6 Å². The number of alkyl halides is 3. The molecule has 1 amide bonds. The van der Waals surface area contributed by atoms with Gasteiger partial charge in [0.25, 0.3) is 11.6 Å². The Hall–Kier alpha value is -3.21. The van der Waals surface area contributed by atoms with Crippen molar-refractivity contribution >= 4 is 23.0 Å². The smallest absolute Gasteiger partial charge is 0.383 e. The molecule has 0 radical (unpaired) electrons. The summed E-state index contributed by atoms with van der Waals surface area (Å²) in [4.78, 5) is 22.8. The van der Waals surface area contributed by atoms with Crippen LogP contribution in [0, 0.1) is 15.9 Å². The predicted molar refractivity (Wildman–Crippen MR) is 92.8 cm³/mol. The Bertz CT molecular complexity index is 887. The summed E-state index contributed by atoms with van der Waals surface area (Å²) in [5, 5.41) is 16.0. The molecule has 0 aliphatic carbocycles. The van der Waals surface area contributed by atoms with Crippen LogP contribution in [-0.4, -0.2) is 31.1 Å². The second kappa shape index (κ2) is 8.65. The number of nitrogens with one attached hydrogen (secondary N) is 2. The maximum atomic E-state index is 13.1. The van der Waals surface area contributed by atoms with Crippen LogP contribution in [0.3, 0.4) is 0 Å². The van der Waals surface area contributed by atoms with E-state index < -0.39 is 39.8 Å². The Balaban J connectivity index is 2.30. The monoisotopic (exact) mass is 401 g/mol. The number of ether oxygens (including phenoxy) is 1. The van der Waals surface area contributed by atoms with Crippen molar-refractivity contribution in [2.45, 2.75) is 6.18 Å². The number of amides is 1. The van der Waals surface area contributed by atoms with E-state index in [4.69, 9.17) is 4.74 Å². The van der Waals surface area contributed by atoms with Gasteiger partial charge in [0.1, 0.15) is 11.5 Å². The lowest BCUT2D eigenvalue weighted by Gasteiger charge is -2.14. The van der Waals surface area contributed by atoms with Crippen LogP contribution in [0.5, 0.6) is 0 Å². The minimum atomic E-state index is -4.90. The highest BCUT2D eigenvalue weighted by Gasteiger charge is 2.34. The Morgan fingerprint density at radius 1 is 1.18 bits per heavy atom. The average molecular weight is 401 g/mol. The molecule has 2 aromatic carbocycles. The van der Waals surface area contributed by atoms with Gasteiger partial charge < -0.3 is 15.4 Å². The number of nitrogens with zero attached hydrogens (tertiary/aromatic N) is 1. The van der Waals surface area contributed by atoms with Gasteiger partial charge in [-0.25, -0.2) is 4.39 Å². The highest BCUT2D eigenvalue weighted by Crippen LogP contribution is 2.35. The SMILES string of the molecule is COCCNc1ccc(C(=O)Nc2ccc(F)cc2C(F)(F)F)cc1[N+](=O)[O-]. The molecule has 0 fully saturated rings. The first kappa shape index (κ1) is 21.1. The minimum Gasteiger partial charge on any atom is -0.383 e. The molecule has 150 valence electrons. The molecule has 11 heteroatoms. The molecule has 0 spiro atoms. The van der Waals surface area contributed by atoms with Gasteiger partial charge in [0, 0.05) is 25.3 Å². The summed E-state index contributed by atoms with van der Waals surface area (Å²) >= 11 is 0. The third kappa shape index (κ3) is 5.16. The number of hydrogen-bond donors (Lipinski definition) is 2. The molecular formula is C17H15F4N3O4. The summed E-state index contributed by atoms with van der Waals surface area (Å²) < 4.78 is 57.1. The molecule has 0 aromatic heterocycles. The predicted octanol–water partition coefficient (Wildman–Crippen LogP) is 4.06. The van der Waals surface area contributed by atoms with Crippen LogP contribution in [-0.2, 0) is 10.9 Å². The van der Waals surface area contributed by atoms with E-state index >= 15 is 0 Å². The van der Waals surface area contributed by atoms with E-state index in [2.05, 4.69) is 5.32 Å². The van der Waals surface area contributed by atoms with Crippen molar-refractivity contribution in [3.8, 4) is 0 Å². The van der Waals surface area contributed by atoms with Crippen molar-refractivity contribution in [2.24, 2.45) is 0 Å². The van der Waals surface area contributed by atoms with E-state index in [1.54, 1.807) is 0 Å². The Labute approximate surface area is 156 Å². The van der Waals surface area contributed by atoms with Gasteiger partial charge in [-0.1, -0.05) is 0 Å². The van der Waals surface area contributed by atoms with E-state index in [0.29, 0.717) is 0 Å². The summed E-state index contributed by atoms with van der Waals surface area (Å²) in [7, 11) is 1.45. The number of anilines is 2. The van der Waals surface area contributed by atoms with Crippen LogP contribution in [0.2, 0.25) is 0 Å². The summed E-state index contributed by atoms with van der Waals surface area (Å²) in [6.45, 7) is 0.553. The average Bonchev–Trinajstić information content (AvgIpc) is 2.62. The van der Waals surface area contributed by atoms with Crippen LogP contribution < -0.4 is 10.6 Å². The lowest BCUT2D eigenvalue weighted by atomic mass is 10.1. The van der Waals surface area contributed by atoms with Crippen LogP contribution in [0.25, 0.3) is 0 Å². The molecule has 7 nitrogen and oxygen atoms in total. The topological polar surface area (TPSA) is 93.5 Å². The largest absolute Gasteiger partial charge is 0.418 e. The van der Waals surface area contributed by atoms with Gasteiger partial charge in [0.2, 0.25) is 0 Å². The third-order valence-corrected chi connectivity index (χ3v) is 3.61. The molecule has 28 heavy (non-hydrogen) atoms. The van der Waals surface area contributed by atoms with Crippen LogP contribution in [0.1, 0.15) is 15.9 Å². The molecule has 0 aliphatic rings. The fourth-order valence-electron chi connectivity index (χ4n) is 2.32. The van der Waals surface area contributed by atoms with E-state index in [1.165, 1.54) is 19.2 Å². The summed E-state index contributed by atoms with van der Waals surface area (Å²) in [5.41, 5.74) is -2.58. The first-order valence-electron chi connectivity index (χ1n) is 7.83. The van der Waals surface area contributed by atoms with Crippen molar-refractivity contribution < 1.29 is 32.0 Å². The maximum absolute atomic E-state index is 13.1. The van der Waals surface area contributed by atoms with E-state index in [1.807, 2.05) is 5.32 Å². The fourth-order valence-corrected chi connectivity index (χ4v) is 2.32. The number of halogens is 4. The van der Waals surface area contributed by atoms with Gasteiger partial charge in [0.15, 0.2) is 0 Å². The fraction of sp³-hybridized carbons (Fsp3) is 0.235. The lowest BCUT2D eigenvalue weighted by molar-refractivity contribution is -0.384. The number of carbonyl (C=O) groups excluding carboxylic acids is 1. The van der Waals surface area contributed by atoms with Gasteiger partial charge in [-0.05, 0) is 30.3 Å². The molecule has 2 aromatic rings. The summed E-state index contributed by atoms with van der Waals surface area (Å²) in [6.07, 6.45) is -4.90. The zero-order chi connectivity index (χ0) is 20.9. The van der Waals surface area contributed by atoms with E-state index in [-0.39, 0.29) is 30.5 Å². The summed E-state index contributed by atoms with van der Waals surface area (Å²) in [5.74, 6) is -2.13. The van der Waals surface area contributed by atoms with Crippen LogP contribution in [0.15, 0.2) is 36.4 Å². The molecule has 0 aliphatic heterocycles. The normalized spacial score (nSPS) is 11.2. The first-order chi connectivity index (χ1) is 13.1. The molecule has 0 unspecified atom stereocenters. The molecule has 2 rings (SSSR count). The van der Waals surface area contributed by atoms with Crippen molar-refractivity contribution in [1.82, 2.24) is 0 Å². The second-order valence-electron chi connectivity index (χ2n) is 5.55. The number of nitro groups is 1. The number of carbonyl (C=O) groups is 1. The second-order valence-corrected chi connectivity index (χ2v) is 5.55. The van der Waals surface area contributed by atoms with Crippen molar-refractivity contribution in [3.63, 3.8) is 0 Å². The number of benzene rings is 2. The zero-order valence-electron chi connectivity index (χ0n) is 14.5. The molecular weight excluding hydrogens is 386 g/mol. The number of nitro benzene ring substituents is 1. The number of methoxy groups -OCH3 is 1. The quantitative estimate of drug-likeness (QED) is 0.316. The Kier molecular flexibility index (Phi) is 6.52. The van der Waals surface area contributed by atoms with E-state index in [9.17, 15) is 32.5 Å². The highest BCUT2D eigenvalue weighted by atomic mass is 19.4. The molecule has 0 atom stereocenters. The number of rotatable bonds is 7. The molecule has 0 saturated carbocycles. The minimum absolute atomic E-state index is 0.122. The molecule has 2 N–H and O–H groups in total. The number of hydrogen-bond acceptors (Lipinski definition) is 5. The Morgan fingerprint density at radius 3 is 2.46 bits per heavy atom. The van der Waals surface area contributed by atoms with Crippen molar-refractivity contribution in [2.75, 3.05) is 30.9 Å². The van der Waals surface area contributed by atoms with Gasteiger partial charge >= 0.3 is 6.18 Å². The van der Waals surface area contributed by atoms with Gasteiger partial charge in [-0.2, -0.15) is 13.2 Å². The standard InChI is InChI=1S/C17H15F4N3O4/c1-28-7-6-22-14-4-2-10(8-15(14)24(26)27)16(25)23-13-5-3-11(18)9-12(13)17(19,20)21/h2-5,8-9,22H,6-7H2,1H3,(H,23,25). The molecule has 0 heterocycles. The maximum Gasteiger partial charge on any atom is 0.418 e. The van der Waals surface area contributed by atoms with Crippen LogP contribution >= 0.6 is 0 Å². The molecule has 0 saturated heterocycles. The highest BCUT2D eigenvalue weighted by molar-refractivity contribution is 6.05. The first-order valence-corrected chi connectivity index (χ1v) is 7.83.